The van der Waals surface area contributed by atoms with E-state index in [1.165, 1.54) is 0 Å². The van der Waals surface area contributed by atoms with Gasteiger partial charge in [-0.25, -0.2) is 4.39 Å². The minimum absolute atomic E-state index is 0.186. The fourth-order valence-electron chi connectivity index (χ4n) is 3.19. The third-order valence-electron chi connectivity index (χ3n) is 4.67. The highest BCUT2D eigenvalue weighted by Crippen LogP contribution is 2.42. The Morgan fingerprint density at radius 3 is 2.60 bits per heavy atom. The van der Waals surface area contributed by atoms with Crippen LogP contribution in [0.4, 0.5) is 4.39 Å². The van der Waals surface area contributed by atoms with Crippen molar-refractivity contribution in [2.45, 2.75) is 58.1 Å². The Hall–Kier alpha value is -0.930. The van der Waals surface area contributed by atoms with Crippen molar-refractivity contribution in [3.63, 3.8) is 0 Å². The van der Waals surface area contributed by atoms with Gasteiger partial charge in [0, 0.05) is 6.61 Å². The van der Waals surface area contributed by atoms with Gasteiger partial charge in [-0.1, -0.05) is 19.1 Å². The number of ether oxygens (including phenoxy) is 1. The van der Waals surface area contributed by atoms with E-state index in [2.05, 4.69) is 6.92 Å². The summed E-state index contributed by atoms with van der Waals surface area (Å²) in [5.41, 5.74) is 7.63. The molecule has 1 fully saturated rings. The first-order chi connectivity index (χ1) is 9.48. The number of hydrogen-bond acceptors (Lipinski definition) is 2. The molecule has 1 saturated carbocycles. The van der Waals surface area contributed by atoms with Crippen molar-refractivity contribution in [1.29, 1.82) is 0 Å². The Kier molecular flexibility index (Phi) is 4.82. The molecule has 112 valence electrons. The maximum absolute atomic E-state index is 13.8. The zero-order chi connectivity index (χ0) is 14.8. The van der Waals surface area contributed by atoms with Crippen molar-refractivity contribution in [1.82, 2.24) is 0 Å². The van der Waals surface area contributed by atoms with Crippen LogP contribution in [0, 0.1) is 18.7 Å². The fraction of sp³-hybridized carbons (Fsp3) is 0.647. The van der Waals surface area contributed by atoms with Crippen molar-refractivity contribution in [2.24, 2.45) is 11.7 Å². The van der Waals surface area contributed by atoms with Crippen molar-refractivity contribution >= 4 is 0 Å². The molecule has 0 heterocycles. The molecule has 1 atom stereocenters. The molecule has 0 aromatic heterocycles. The van der Waals surface area contributed by atoms with Crippen LogP contribution < -0.4 is 5.73 Å². The molecular weight excluding hydrogens is 253 g/mol. The molecule has 0 saturated heterocycles. The van der Waals surface area contributed by atoms with Crippen LogP contribution in [0.5, 0.6) is 0 Å². The number of benzene rings is 1. The predicted molar refractivity (Wildman–Crippen MR) is 80.1 cm³/mol. The number of nitrogens with two attached hydrogens (primary N) is 1. The van der Waals surface area contributed by atoms with Crippen LogP contribution in [0.25, 0.3) is 0 Å². The van der Waals surface area contributed by atoms with E-state index in [1.54, 1.807) is 19.1 Å². The number of hydrogen-bond donors (Lipinski definition) is 1. The maximum Gasteiger partial charge on any atom is 0.126 e. The SMILES string of the molecule is CCOC1(C(N)c2ccc(C)c(F)c2)CCC(C)CC1. The van der Waals surface area contributed by atoms with E-state index in [0.29, 0.717) is 12.2 Å². The quantitative estimate of drug-likeness (QED) is 0.899. The molecule has 2 N–H and O–H groups in total. The molecule has 20 heavy (non-hydrogen) atoms. The van der Waals surface area contributed by atoms with Crippen LogP contribution >= 0.6 is 0 Å². The van der Waals surface area contributed by atoms with Crippen LogP contribution in [0.15, 0.2) is 18.2 Å². The highest BCUT2D eigenvalue weighted by molar-refractivity contribution is 5.28. The fourth-order valence-corrected chi connectivity index (χ4v) is 3.19. The summed E-state index contributed by atoms with van der Waals surface area (Å²) in [7, 11) is 0. The van der Waals surface area contributed by atoms with E-state index in [-0.39, 0.29) is 17.5 Å². The third kappa shape index (κ3) is 3.04. The van der Waals surface area contributed by atoms with Gasteiger partial charge in [0.2, 0.25) is 0 Å². The molecule has 0 aliphatic heterocycles. The lowest BCUT2D eigenvalue weighted by atomic mass is 9.73. The largest absolute Gasteiger partial charge is 0.373 e. The van der Waals surface area contributed by atoms with Crippen LogP contribution in [-0.2, 0) is 4.74 Å². The van der Waals surface area contributed by atoms with E-state index in [0.717, 1.165) is 37.2 Å². The van der Waals surface area contributed by atoms with Gasteiger partial charge in [0.25, 0.3) is 0 Å². The summed E-state index contributed by atoms with van der Waals surface area (Å²) in [5, 5.41) is 0. The Morgan fingerprint density at radius 2 is 2.05 bits per heavy atom. The van der Waals surface area contributed by atoms with Crippen molar-refractivity contribution in [3.05, 3.63) is 35.1 Å². The monoisotopic (exact) mass is 279 g/mol. The van der Waals surface area contributed by atoms with Gasteiger partial charge >= 0.3 is 0 Å². The summed E-state index contributed by atoms with van der Waals surface area (Å²) in [6.07, 6.45) is 4.17. The highest BCUT2D eigenvalue weighted by Gasteiger charge is 2.41. The Morgan fingerprint density at radius 1 is 1.40 bits per heavy atom. The smallest absolute Gasteiger partial charge is 0.126 e. The Balaban J connectivity index is 2.26. The minimum atomic E-state index is -0.330. The van der Waals surface area contributed by atoms with Crippen LogP contribution in [0.2, 0.25) is 0 Å². The van der Waals surface area contributed by atoms with Gasteiger partial charge in [0.1, 0.15) is 5.82 Å². The molecule has 0 spiro atoms. The molecule has 3 heteroatoms. The molecule has 2 nitrogen and oxygen atoms in total. The number of rotatable bonds is 4. The lowest BCUT2D eigenvalue weighted by Crippen LogP contribution is -2.46. The molecular formula is C17H26FNO. The summed E-state index contributed by atoms with van der Waals surface area (Å²) in [6.45, 7) is 6.69. The average Bonchev–Trinajstić information content (AvgIpc) is 2.44. The van der Waals surface area contributed by atoms with Gasteiger partial charge in [0.15, 0.2) is 0 Å². The minimum Gasteiger partial charge on any atom is -0.373 e. The molecule has 0 radical (unpaired) electrons. The summed E-state index contributed by atoms with van der Waals surface area (Å²) in [4.78, 5) is 0. The second-order valence-electron chi connectivity index (χ2n) is 6.17. The van der Waals surface area contributed by atoms with Crippen molar-refractivity contribution in [3.8, 4) is 0 Å². The van der Waals surface area contributed by atoms with E-state index in [9.17, 15) is 4.39 Å². The van der Waals surface area contributed by atoms with Crippen LogP contribution in [0.1, 0.15) is 56.7 Å². The first-order valence-corrected chi connectivity index (χ1v) is 7.64. The maximum atomic E-state index is 13.8. The van der Waals surface area contributed by atoms with E-state index in [4.69, 9.17) is 10.5 Å². The summed E-state index contributed by atoms with van der Waals surface area (Å²) in [5.74, 6) is 0.541. The molecule has 0 amide bonds. The number of halogens is 1. The molecule has 2 rings (SSSR count). The second kappa shape index (κ2) is 6.23. The molecule has 1 aromatic rings. The molecule has 0 bridgehead atoms. The first-order valence-electron chi connectivity index (χ1n) is 7.64. The average molecular weight is 279 g/mol. The normalized spacial score (nSPS) is 28.4. The second-order valence-corrected chi connectivity index (χ2v) is 6.17. The molecule has 1 aliphatic carbocycles. The standard InChI is InChI=1S/C17H26FNO/c1-4-20-17(9-7-12(2)8-10-17)16(19)14-6-5-13(3)15(18)11-14/h5-6,11-12,16H,4,7-10,19H2,1-3H3. The number of aryl methyl sites for hydroxylation is 1. The van der Waals surface area contributed by atoms with Crippen LogP contribution in [0.3, 0.4) is 0 Å². The van der Waals surface area contributed by atoms with Gasteiger partial charge in [-0.2, -0.15) is 0 Å². The zero-order valence-electron chi connectivity index (χ0n) is 12.8. The lowest BCUT2D eigenvalue weighted by Gasteiger charge is -2.43. The van der Waals surface area contributed by atoms with Gasteiger partial charge in [-0.15, -0.1) is 0 Å². The van der Waals surface area contributed by atoms with Gasteiger partial charge in [0.05, 0.1) is 11.6 Å². The van der Waals surface area contributed by atoms with Gasteiger partial charge in [-0.05, 0) is 62.6 Å². The zero-order valence-corrected chi connectivity index (χ0v) is 12.8. The van der Waals surface area contributed by atoms with Crippen molar-refractivity contribution < 1.29 is 9.13 Å². The van der Waals surface area contributed by atoms with E-state index < -0.39 is 0 Å². The Labute approximate surface area is 121 Å². The van der Waals surface area contributed by atoms with Gasteiger partial charge in [-0.3, -0.25) is 0 Å². The van der Waals surface area contributed by atoms with E-state index >= 15 is 0 Å². The molecule has 1 aromatic carbocycles. The lowest BCUT2D eigenvalue weighted by molar-refractivity contribution is -0.0897. The molecule has 1 unspecified atom stereocenters. The molecule has 1 aliphatic rings. The predicted octanol–water partition coefficient (Wildman–Crippen LogP) is 4.12. The van der Waals surface area contributed by atoms with E-state index in [1.807, 2.05) is 13.0 Å². The highest BCUT2D eigenvalue weighted by atomic mass is 19.1. The Bertz CT molecular complexity index is 452. The summed E-state index contributed by atoms with van der Waals surface area (Å²) in [6, 6.07) is 5.04. The third-order valence-corrected chi connectivity index (χ3v) is 4.67. The topological polar surface area (TPSA) is 35.2 Å². The van der Waals surface area contributed by atoms with Crippen molar-refractivity contribution in [2.75, 3.05) is 6.61 Å². The van der Waals surface area contributed by atoms with Gasteiger partial charge < -0.3 is 10.5 Å². The first kappa shape index (κ1) is 15.5. The van der Waals surface area contributed by atoms with Crippen LogP contribution in [-0.4, -0.2) is 12.2 Å². The summed E-state index contributed by atoms with van der Waals surface area (Å²) < 4.78 is 19.8. The summed E-state index contributed by atoms with van der Waals surface area (Å²) >= 11 is 0.